The van der Waals surface area contributed by atoms with Crippen LogP contribution in [-0.4, -0.2) is 20.9 Å². The summed E-state index contributed by atoms with van der Waals surface area (Å²) in [6.45, 7) is 0.433. The number of amides is 1. The van der Waals surface area contributed by atoms with Gasteiger partial charge in [-0.2, -0.15) is 0 Å². The fourth-order valence-corrected chi connectivity index (χ4v) is 2.39. The second-order valence-electron chi connectivity index (χ2n) is 5.02. The van der Waals surface area contributed by atoms with Gasteiger partial charge >= 0.3 is 0 Å². The number of ether oxygens (including phenoxy) is 1. The van der Waals surface area contributed by atoms with Gasteiger partial charge in [-0.3, -0.25) is 4.79 Å². The summed E-state index contributed by atoms with van der Waals surface area (Å²) < 4.78 is 40.3. The van der Waals surface area contributed by atoms with Gasteiger partial charge in [0.25, 0.3) is 0 Å². The van der Waals surface area contributed by atoms with Crippen molar-refractivity contribution in [1.82, 2.24) is 5.32 Å². The molecule has 0 unspecified atom stereocenters. The molecule has 0 aliphatic heterocycles. The lowest BCUT2D eigenvalue weighted by atomic mass is 10.2. The maximum absolute atomic E-state index is 12.7. The maximum Gasteiger partial charge on any atom is 0.238 e. The van der Waals surface area contributed by atoms with Gasteiger partial charge in [0, 0.05) is 6.54 Å². The number of primary sulfonamides is 1. The fourth-order valence-electron chi connectivity index (χ4n) is 1.88. The smallest absolute Gasteiger partial charge is 0.238 e. The molecule has 6 nitrogen and oxygen atoms in total. The number of hydrogen-bond donors (Lipinski definition) is 2. The van der Waals surface area contributed by atoms with E-state index in [0.29, 0.717) is 5.75 Å². The van der Waals surface area contributed by atoms with Gasteiger partial charge in [-0.05, 0) is 42.0 Å². The third-order valence-electron chi connectivity index (χ3n) is 3.15. The van der Waals surface area contributed by atoms with E-state index in [2.05, 4.69) is 5.32 Å². The molecule has 0 aromatic heterocycles. The quantitative estimate of drug-likeness (QED) is 0.790. The number of carbonyl (C=O) groups is 1. The number of sulfonamides is 1. The Balaban J connectivity index is 1.74. The molecule has 0 saturated carbocycles. The Morgan fingerprint density at radius 2 is 1.71 bits per heavy atom. The van der Waals surface area contributed by atoms with E-state index in [0.717, 1.165) is 5.56 Å². The van der Waals surface area contributed by atoms with Crippen LogP contribution in [0.5, 0.6) is 5.75 Å². The van der Waals surface area contributed by atoms with Gasteiger partial charge in [0.05, 0.1) is 17.9 Å². The molecule has 0 aliphatic carbocycles. The molecule has 2 aromatic rings. The van der Waals surface area contributed by atoms with Gasteiger partial charge in [0.2, 0.25) is 15.9 Å². The van der Waals surface area contributed by atoms with E-state index in [4.69, 9.17) is 9.88 Å². The average Bonchev–Trinajstić information content (AvgIpc) is 2.54. The minimum absolute atomic E-state index is 0.0188. The molecule has 0 bridgehead atoms. The molecule has 2 rings (SSSR count). The molecule has 8 heteroatoms. The Labute approximate surface area is 139 Å². The predicted molar refractivity (Wildman–Crippen MR) is 86.2 cm³/mol. The molecule has 0 atom stereocenters. The van der Waals surface area contributed by atoms with Crippen LogP contribution in [0, 0.1) is 5.82 Å². The second-order valence-corrected chi connectivity index (χ2v) is 6.58. The van der Waals surface area contributed by atoms with Crippen LogP contribution in [0.3, 0.4) is 0 Å². The molecule has 0 heterocycles. The molecule has 24 heavy (non-hydrogen) atoms. The lowest BCUT2D eigenvalue weighted by Gasteiger charge is -2.08. The topological polar surface area (TPSA) is 98.5 Å². The summed E-state index contributed by atoms with van der Waals surface area (Å²) in [7, 11) is -3.72. The predicted octanol–water partition coefficient (Wildman–Crippen LogP) is 1.56. The van der Waals surface area contributed by atoms with Gasteiger partial charge in [-0.25, -0.2) is 17.9 Å². The van der Waals surface area contributed by atoms with Gasteiger partial charge in [-0.1, -0.05) is 12.1 Å². The first-order valence-corrected chi connectivity index (χ1v) is 8.66. The van der Waals surface area contributed by atoms with Crippen molar-refractivity contribution in [1.29, 1.82) is 0 Å². The third kappa shape index (κ3) is 5.64. The van der Waals surface area contributed by atoms with E-state index in [-0.39, 0.29) is 36.2 Å². The Morgan fingerprint density at radius 3 is 2.29 bits per heavy atom. The summed E-state index contributed by atoms with van der Waals surface area (Å²) in [5.74, 6) is -0.0797. The van der Waals surface area contributed by atoms with Crippen molar-refractivity contribution in [2.75, 3.05) is 6.61 Å². The normalized spacial score (nSPS) is 11.1. The molecule has 128 valence electrons. The van der Waals surface area contributed by atoms with Crippen LogP contribution in [0.15, 0.2) is 53.4 Å². The van der Waals surface area contributed by atoms with Crippen molar-refractivity contribution < 1.29 is 22.3 Å². The van der Waals surface area contributed by atoms with Crippen LogP contribution >= 0.6 is 0 Å². The molecule has 0 aliphatic rings. The molecule has 3 N–H and O–H groups in total. The molecule has 1 amide bonds. The van der Waals surface area contributed by atoms with E-state index in [1.165, 1.54) is 36.4 Å². The van der Waals surface area contributed by atoms with Crippen LogP contribution in [0.4, 0.5) is 4.39 Å². The number of halogens is 1. The molecular weight excluding hydrogens is 335 g/mol. The summed E-state index contributed by atoms with van der Waals surface area (Å²) in [5, 5.41) is 7.70. The lowest BCUT2D eigenvalue weighted by molar-refractivity contribution is -0.121. The monoisotopic (exact) mass is 352 g/mol. The van der Waals surface area contributed by atoms with Gasteiger partial charge in [0.15, 0.2) is 0 Å². The Hall–Kier alpha value is -2.45. The highest BCUT2D eigenvalue weighted by molar-refractivity contribution is 7.89. The van der Waals surface area contributed by atoms with E-state index in [9.17, 15) is 17.6 Å². The van der Waals surface area contributed by atoms with E-state index >= 15 is 0 Å². The Bertz CT molecular complexity index is 790. The van der Waals surface area contributed by atoms with Crippen molar-refractivity contribution in [3.8, 4) is 5.75 Å². The number of nitrogens with two attached hydrogens (primary N) is 1. The van der Waals surface area contributed by atoms with Crippen LogP contribution in [0.2, 0.25) is 0 Å². The van der Waals surface area contributed by atoms with Crippen LogP contribution in [0.25, 0.3) is 0 Å². The number of carbonyl (C=O) groups excluding carboxylic acids is 1. The van der Waals surface area contributed by atoms with Gasteiger partial charge < -0.3 is 10.1 Å². The molecule has 0 saturated heterocycles. The highest BCUT2D eigenvalue weighted by atomic mass is 32.2. The summed E-state index contributed by atoms with van der Waals surface area (Å²) in [4.78, 5) is 11.7. The van der Waals surface area contributed by atoms with Crippen molar-refractivity contribution in [2.24, 2.45) is 5.14 Å². The van der Waals surface area contributed by atoms with Crippen molar-refractivity contribution in [3.63, 3.8) is 0 Å². The zero-order chi connectivity index (χ0) is 17.6. The zero-order valence-electron chi connectivity index (χ0n) is 12.7. The average molecular weight is 352 g/mol. The Kier molecular flexibility index (Phi) is 5.88. The van der Waals surface area contributed by atoms with Crippen molar-refractivity contribution in [3.05, 3.63) is 59.9 Å². The minimum Gasteiger partial charge on any atom is -0.493 e. The summed E-state index contributed by atoms with van der Waals surface area (Å²) >= 11 is 0. The number of nitrogens with one attached hydrogen (secondary N) is 1. The summed E-state index contributed by atoms with van der Waals surface area (Å²) in [6.07, 6.45) is 0.145. The third-order valence-corrected chi connectivity index (χ3v) is 4.08. The largest absolute Gasteiger partial charge is 0.493 e. The SMILES string of the molecule is NS(=O)(=O)c1ccc(CNC(=O)CCOc2ccc(F)cc2)cc1. The zero-order valence-corrected chi connectivity index (χ0v) is 13.6. The van der Waals surface area contributed by atoms with E-state index in [1.807, 2.05) is 0 Å². The molecule has 0 radical (unpaired) electrons. The number of hydrogen-bond acceptors (Lipinski definition) is 4. The first-order chi connectivity index (χ1) is 11.3. The van der Waals surface area contributed by atoms with Crippen LogP contribution in [0.1, 0.15) is 12.0 Å². The maximum atomic E-state index is 12.7. The van der Waals surface area contributed by atoms with Crippen molar-refractivity contribution in [2.45, 2.75) is 17.9 Å². The first kappa shape index (κ1) is 17.9. The molecule has 0 spiro atoms. The van der Waals surface area contributed by atoms with Crippen LogP contribution < -0.4 is 15.2 Å². The molecular formula is C16H17FN2O4S. The second kappa shape index (κ2) is 7.89. The van der Waals surface area contributed by atoms with Gasteiger partial charge in [0.1, 0.15) is 11.6 Å². The lowest BCUT2D eigenvalue weighted by Crippen LogP contribution is -2.24. The Morgan fingerprint density at radius 1 is 1.08 bits per heavy atom. The van der Waals surface area contributed by atoms with Crippen molar-refractivity contribution >= 4 is 15.9 Å². The highest BCUT2D eigenvalue weighted by Gasteiger charge is 2.07. The highest BCUT2D eigenvalue weighted by Crippen LogP contribution is 2.11. The standard InChI is InChI=1S/C16H17FN2O4S/c17-13-3-5-14(6-4-13)23-10-9-16(20)19-11-12-1-7-15(8-2-12)24(18,21)22/h1-8H,9-11H2,(H,19,20)(H2,18,21,22). The van der Waals surface area contributed by atoms with Gasteiger partial charge in [-0.15, -0.1) is 0 Å². The molecule has 0 fully saturated rings. The van der Waals surface area contributed by atoms with E-state index < -0.39 is 10.0 Å². The van der Waals surface area contributed by atoms with E-state index in [1.54, 1.807) is 12.1 Å². The first-order valence-electron chi connectivity index (χ1n) is 7.11. The summed E-state index contributed by atoms with van der Waals surface area (Å²) in [5.41, 5.74) is 0.746. The fraction of sp³-hybridized carbons (Fsp3) is 0.188. The van der Waals surface area contributed by atoms with Crippen LogP contribution in [-0.2, 0) is 21.4 Å². The minimum atomic E-state index is -3.72. The number of benzene rings is 2. The summed E-state index contributed by atoms with van der Waals surface area (Å²) in [6, 6.07) is 11.5. The number of rotatable bonds is 7. The molecule has 2 aromatic carbocycles.